The Labute approximate surface area is 120 Å². The van der Waals surface area contributed by atoms with E-state index in [2.05, 4.69) is 26.1 Å². The Bertz CT molecular complexity index is 396. The fourth-order valence-electron chi connectivity index (χ4n) is 1.47. The van der Waals surface area contributed by atoms with Gasteiger partial charge in [-0.1, -0.05) is 32.9 Å². The van der Waals surface area contributed by atoms with Gasteiger partial charge in [0.15, 0.2) is 0 Å². The first-order valence-corrected chi connectivity index (χ1v) is 7.43. The molecule has 0 aromatic heterocycles. The van der Waals surface area contributed by atoms with Crippen LogP contribution in [-0.4, -0.2) is 30.1 Å². The molecule has 0 aliphatic heterocycles. The molecule has 0 saturated heterocycles. The Morgan fingerprint density at radius 3 is 2.42 bits per heavy atom. The van der Waals surface area contributed by atoms with Gasteiger partial charge in [-0.2, -0.15) is 0 Å². The highest BCUT2D eigenvalue weighted by molar-refractivity contribution is 8.01. The maximum atomic E-state index is 11.6. The van der Waals surface area contributed by atoms with E-state index in [0.29, 0.717) is 12.3 Å². The average molecular weight is 281 g/mol. The van der Waals surface area contributed by atoms with E-state index >= 15 is 0 Å². The third kappa shape index (κ3) is 7.11. The van der Waals surface area contributed by atoms with Crippen LogP contribution in [0, 0.1) is 0 Å². The van der Waals surface area contributed by atoms with Gasteiger partial charge in [0.05, 0.1) is 12.9 Å². The van der Waals surface area contributed by atoms with E-state index in [9.17, 15) is 4.79 Å². The van der Waals surface area contributed by atoms with Crippen molar-refractivity contribution in [3.05, 3.63) is 29.8 Å². The van der Waals surface area contributed by atoms with Gasteiger partial charge < -0.3 is 10.1 Å². The number of thioether (sulfide) groups is 1. The van der Waals surface area contributed by atoms with E-state index in [0.717, 1.165) is 12.2 Å². The summed E-state index contributed by atoms with van der Waals surface area (Å²) in [6.07, 6.45) is 0.843. The Morgan fingerprint density at radius 2 is 1.89 bits per heavy atom. The summed E-state index contributed by atoms with van der Waals surface area (Å²) < 4.78 is 5.24. The molecule has 1 aromatic rings. The normalized spacial score (nSPS) is 11.2. The van der Waals surface area contributed by atoms with Gasteiger partial charge in [-0.15, -0.1) is 11.8 Å². The van der Waals surface area contributed by atoms with Gasteiger partial charge >= 0.3 is 0 Å². The van der Waals surface area contributed by atoms with Crippen molar-refractivity contribution in [1.82, 2.24) is 5.32 Å². The molecule has 0 aliphatic rings. The van der Waals surface area contributed by atoms with Gasteiger partial charge in [-0.3, -0.25) is 4.79 Å². The van der Waals surface area contributed by atoms with Crippen LogP contribution in [0.2, 0.25) is 0 Å². The molecule has 0 bridgehead atoms. The van der Waals surface area contributed by atoms with E-state index in [1.807, 2.05) is 24.3 Å². The first-order chi connectivity index (χ1) is 8.90. The number of nitrogens with one attached hydrogen (secondary N) is 1. The number of hydrogen-bond acceptors (Lipinski definition) is 3. The lowest BCUT2D eigenvalue weighted by Crippen LogP contribution is -2.28. The molecule has 0 radical (unpaired) electrons. The molecule has 0 atom stereocenters. The predicted molar refractivity (Wildman–Crippen MR) is 81.9 cm³/mol. The topological polar surface area (TPSA) is 38.3 Å². The minimum absolute atomic E-state index is 0.105. The van der Waals surface area contributed by atoms with Crippen LogP contribution >= 0.6 is 11.8 Å². The van der Waals surface area contributed by atoms with E-state index in [-0.39, 0.29) is 10.7 Å². The first kappa shape index (κ1) is 15.9. The molecule has 1 aromatic carbocycles. The minimum atomic E-state index is 0.105. The average Bonchev–Trinajstić information content (AvgIpc) is 2.36. The molecule has 1 N–H and O–H groups in total. The molecule has 0 unspecified atom stereocenters. The van der Waals surface area contributed by atoms with Crippen LogP contribution in [-0.2, 0) is 11.2 Å². The molecular weight excluding hydrogens is 258 g/mol. The smallest absolute Gasteiger partial charge is 0.230 e. The molecular formula is C15H23NO2S. The number of carbonyl (C=O) groups is 1. The molecule has 1 amide bonds. The van der Waals surface area contributed by atoms with Crippen molar-refractivity contribution >= 4 is 17.7 Å². The van der Waals surface area contributed by atoms with Crippen LogP contribution in [0.25, 0.3) is 0 Å². The summed E-state index contributed by atoms with van der Waals surface area (Å²) in [4.78, 5) is 11.6. The summed E-state index contributed by atoms with van der Waals surface area (Å²) in [6, 6.07) is 7.92. The van der Waals surface area contributed by atoms with Crippen molar-refractivity contribution in [3.8, 4) is 5.75 Å². The first-order valence-electron chi connectivity index (χ1n) is 6.44. The van der Waals surface area contributed by atoms with Crippen molar-refractivity contribution in [3.63, 3.8) is 0 Å². The lowest BCUT2D eigenvalue weighted by molar-refractivity contribution is -0.118. The van der Waals surface area contributed by atoms with Gasteiger partial charge in [0.25, 0.3) is 0 Å². The number of hydrogen-bond donors (Lipinski definition) is 1. The standard InChI is InChI=1S/C15H23NO2S/c1-15(2,3)19-11-14(17)16-10-9-12-5-7-13(18-4)8-6-12/h5-8H,9-11H2,1-4H3,(H,16,17). The molecule has 19 heavy (non-hydrogen) atoms. The van der Waals surface area contributed by atoms with Crippen LogP contribution in [0.3, 0.4) is 0 Å². The number of ether oxygens (including phenoxy) is 1. The highest BCUT2D eigenvalue weighted by atomic mass is 32.2. The Kier molecular flexibility index (Phi) is 6.22. The lowest BCUT2D eigenvalue weighted by atomic mass is 10.1. The van der Waals surface area contributed by atoms with E-state index < -0.39 is 0 Å². The molecule has 0 heterocycles. The number of rotatable bonds is 6. The highest BCUT2D eigenvalue weighted by Gasteiger charge is 2.12. The highest BCUT2D eigenvalue weighted by Crippen LogP contribution is 2.22. The SMILES string of the molecule is COc1ccc(CCNC(=O)CSC(C)(C)C)cc1. The van der Waals surface area contributed by atoms with E-state index in [1.165, 1.54) is 5.56 Å². The van der Waals surface area contributed by atoms with Crippen LogP contribution in [0.5, 0.6) is 5.75 Å². The zero-order valence-electron chi connectivity index (χ0n) is 12.2. The van der Waals surface area contributed by atoms with E-state index in [4.69, 9.17) is 4.74 Å². The summed E-state index contributed by atoms with van der Waals surface area (Å²) in [7, 11) is 1.65. The van der Waals surface area contributed by atoms with Crippen LogP contribution in [0.1, 0.15) is 26.3 Å². The Balaban J connectivity index is 2.24. The summed E-state index contributed by atoms with van der Waals surface area (Å²) in [6.45, 7) is 7.02. The second-order valence-corrected chi connectivity index (χ2v) is 7.15. The summed E-state index contributed by atoms with van der Waals surface area (Å²) >= 11 is 1.66. The zero-order chi connectivity index (χ0) is 14.3. The van der Waals surface area contributed by atoms with Crippen molar-refractivity contribution in [2.45, 2.75) is 31.9 Å². The minimum Gasteiger partial charge on any atom is -0.497 e. The van der Waals surface area contributed by atoms with Crippen molar-refractivity contribution < 1.29 is 9.53 Å². The number of benzene rings is 1. The second kappa shape index (κ2) is 7.43. The van der Waals surface area contributed by atoms with Gasteiger partial charge in [0.2, 0.25) is 5.91 Å². The Hall–Kier alpha value is -1.16. The second-order valence-electron chi connectivity index (χ2n) is 5.35. The van der Waals surface area contributed by atoms with Crippen molar-refractivity contribution in [2.24, 2.45) is 0 Å². The predicted octanol–water partition coefficient (Wildman–Crippen LogP) is 2.89. The molecule has 0 saturated carbocycles. The quantitative estimate of drug-likeness (QED) is 0.871. The third-order valence-electron chi connectivity index (χ3n) is 2.53. The molecule has 3 nitrogen and oxygen atoms in total. The van der Waals surface area contributed by atoms with Crippen molar-refractivity contribution in [1.29, 1.82) is 0 Å². The van der Waals surface area contributed by atoms with Crippen LogP contribution < -0.4 is 10.1 Å². The summed E-state index contributed by atoms with van der Waals surface area (Å²) in [5.74, 6) is 1.48. The van der Waals surface area contributed by atoms with E-state index in [1.54, 1.807) is 18.9 Å². The lowest BCUT2D eigenvalue weighted by Gasteiger charge is -2.16. The van der Waals surface area contributed by atoms with Gasteiger partial charge in [0.1, 0.15) is 5.75 Å². The fourth-order valence-corrected chi connectivity index (χ4v) is 2.14. The summed E-state index contributed by atoms with van der Waals surface area (Å²) in [5.41, 5.74) is 1.20. The molecule has 1 rings (SSSR count). The van der Waals surface area contributed by atoms with Crippen LogP contribution in [0.4, 0.5) is 0 Å². The maximum Gasteiger partial charge on any atom is 0.230 e. The monoisotopic (exact) mass is 281 g/mol. The Morgan fingerprint density at radius 1 is 1.26 bits per heavy atom. The maximum absolute atomic E-state index is 11.6. The van der Waals surface area contributed by atoms with Crippen molar-refractivity contribution in [2.75, 3.05) is 19.4 Å². The van der Waals surface area contributed by atoms with Gasteiger partial charge in [-0.25, -0.2) is 0 Å². The zero-order valence-corrected chi connectivity index (χ0v) is 13.0. The number of carbonyl (C=O) groups excluding carboxylic acids is 1. The largest absolute Gasteiger partial charge is 0.497 e. The van der Waals surface area contributed by atoms with Gasteiger partial charge in [0, 0.05) is 11.3 Å². The van der Waals surface area contributed by atoms with Gasteiger partial charge in [-0.05, 0) is 24.1 Å². The molecule has 106 valence electrons. The van der Waals surface area contributed by atoms with Crippen LogP contribution in [0.15, 0.2) is 24.3 Å². The molecule has 0 aliphatic carbocycles. The molecule has 0 fully saturated rings. The number of amides is 1. The third-order valence-corrected chi connectivity index (χ3v) is 3.80. The summed E-state index contributed by atoms with van der Waals surface area (Å²) in [5, 5.41) is 2.94. The number of methoxy groups -OCH3 is 1. The fraction of sp³-hybridized carbons (Fsp3) is 0.533. The molecule has 4 heteroatoms. The molecule has 0 spiro atoms.